The number of thiazole rings is 1. The Kier molecular flexibility index (Phi) is 5.93. The molecule has 0 aliphatic heterocycles. The summed E-state index contributed by atoms with van der Waals surface area (Å²) < 4.78 is 13.3. The van der Waals surface area contributed by atoms with Gasteiger partial charge in [0.15, 0.2) is 5.82 Å². The fourth-order valence-corrected chi connectivity index (χ4v) is 4.56. The van der Waals surface area contributed by atoms with E-state index < -0.39 is 0 Å². The summed E-state index contributed by atoms with van der Waals surface area (Å²) in [5.74, 6) is 2.36. The first-order valence-corrected chi connectivity index (χ1v) is 11.8. The first kappa shape index (κ1) is 21.7. The third-order valence-electron chi connectivity index (χ3n) is 4.88. The molecule has 0 saturated carbocycles. The molecular formula is C24H17Cl2N3O3S. The van der Waals surface area contributed by atoms with Crippen molar-refractivity contribution in [2.75, 3.05) is 6.61 Å². The molecule has 0 bridgehead atoms. The van der Waals surface area contributed by atoms with E-state index in [2.05, 4.69) is 17.0 Å². The van der Waals surface area contributed by atoms with E-state index in [0.29, 0.717) is 49.1 Å². The van der Waals surface area contributed by atoms with Crippen molar-refractivity contribution < 1.29 is 9.15 Å². The fourth-order valence-electron chi connectivity index (χ4n) is 3.27. The van der Waals surface area contributed by atoms with E-state index in [9.17, 15) is 4.79 Å². The van der Waals surface area contributed by atoms with Gasteiger partial charge in [0.25, 0.3) is 5.56 Å². The Morgan fingerprint density at radius 3 is 2.70 bits per heavy atom. The van der Waals surface area contributed by atoms with E-state index in [1.165, 1.54) is 15.9 Å². The fraction of sp³-hybridized carbons (Fsp3) is 0.125. The van der Waals surface area contributed by atoms with Crippen LogP contribution in [0.3, 0.4) is 0 Å². The third kappa shape index (κ3) is 4.27. The van der Waals surface area contributed by atoms with Crippen molar-refractivity contribution in [2.24, 2.45) is 0 Å². The lowest BCUT2D eigenvalue weighted by Gasteiger charge is -2.04. The summed E-state index contributed by atoms with van der Waals surface area (Å²) in [6.45, 7) is 2.72. The van der Waals surface area contributed by atoms with Crippen molar-refractivity contribution in [3.63, 3.8) is 0 Å². The first-order valence-electron chi connectivity index (χ1n) is 10.2. The maximum absolute atomic E-state index is 12.9. The summed E-state index contributed by atoms with van der Waals surface area (Å²) in [4.78, 5) is 17.9. The quantitative estimate of drug-likeness (QED) is 0.300. The molecule has 0 spiro atoms. The van der Waals surface area contributed by atoms with Crippen molar-refractivity contribution in [1.29, 1.82) is 0 Å². The molecule has 0 atom stereocenters. The van der Waals surface area contributed by atoms with Gasteiger partial charge in [0.1, 0.15) is 21.8 Å². The second-order valence-electron chi connectivity index (χ2n) is 7.22. The smallest absolute Gasteiger partial charge is 0.291 e. The molecule has 166 valence electrons. The average molecular weight is 498 g/mol. The van der Waals surface area contributed by atoms with Gasteiger partial charge in [-0.05, 0) is 55.0 Å². The summed E-state index contributed by atoms with van der Waals surface area (Å²) in [5, 5.41) is 5.25. The number of hydrogen-bond acceptors (Lipinski definition) is 6. The Labute approximate surface area is 202 Å². The van der Waals surface area contributed by atoms with Crippen LogP contribution in [0.5, 0.6) is 5.75 Å². The highest BCUT2D eigenvalue weighted by Gasteiger charge is 2.14. The number of halogens is 2. The van der Waals surface area contributed by atoms with Crippen LogP contribution in [0.15, 0.2) is 63.8 Å². The summed E-state index contributed by atoms with van der Waals surface area (Å²) in [7, 11) is 0. The molecule has 9 heteroatoms. The zero-order chi connectivity index (χ0) is 22.9. The van der Waals surface area contributed by atoms with Crippen molar-refractivity contribution in [3.8, 4) is 28.5 Å². The van der Waals surface area contributed by atoms with Gasteiger partial charge in [-0.1, -0.05) is 47.5 Å². The van der Waals surface area contributed by atoms with E-state index in [1.54, 1.807) is 30.3 Å². The van der Waals surface area contributed by atoms with E-state index >= 15 is 0 Å². The van der Waals surface area contributed by atoms with Crippen LogP contribution in [-0.4, -0.2) is 21.2 Å². The summed E-state index contributed by atoms with van der Waals surface area (Å²) in [5.41, 5.74) is 1.24. The van der Waals surface area contributed by atoms with Gasteiger partial charge in [0.2, 0.25) is 4.96 Å². The first-order chi connectivity index (χ1) is 16.0. The minimum absolute atomic E-state index is 0.254. The Hall–Kier alpha value is -3.13. The molecule has 0 radical (unpaired) electrons. The molecule has 5 aromatic rings. The van der Waals surface area contributed by atoms with Gasteiger partial charge in [-0.15, -0.1) is 5.10 Å². The molecule has 2 aromatic carbocycles. The van der Waals surface area contributed by atoms with Gasteiger partial charge >= 0.3 is 0 Å². The zero-order valence-electron chi connectivity index (χ0n) is 17.4. The van der Waals surface area contributed by atoms with Crippen molar-refractivity contribution in [2.45, 2.75) is 13.3 Å². The second kappa shape index (κ2) is 9.02. The van der Waals surface area contributed by atoms with Crippen molar-refractivity contribution in [1.82, 2.24) is 14.6 Å². The number of fused-ring (bicyclic) bond motifs is 1. The molecule has 0 saturated heterocycles. The largest absolute Gasteiger partial charge is 0.494 e. The van der Waals surface area contributed by atoms with Crippen LogP contribution in [0.2, 0.25) is 10.0 Å². The molecule has 3 aromatic heterocycles. The van der Waals surface area contributed by atoms with Gasteiger partial charge in [-0.25, -0.2) is 0 Å². The predicted octanol–water partition coefficient (Wildman–Crippen LogP) is 5.72. The van der Waals surface area contributed by atoms with E-state index in [-0.39, 0.29) is 5.56 Å². The SMILES string of the molecule is CCCOc1ccc(-c2nc3s/c(=C\c4ccc(-c5cccc(Cl)c5Cl)o4)c(=O)n3n2)cc1. The van der Waals surface area contributed by atoms with Gasteiger partial charge in [0.05, 0.1) is 16.7 Å². The van der Waals surface area contributed by atoms with Crippen molar-refractivity contribution in [3.05, 3.63) is 85.3 Å². The van der Waals surface area contributed by atoms with Crippen LogP contribution in [0.4, 0.5) is 0 Å². The lowest BCUT2D eigenvalue weighted by molar-refractivity contribution is 0.317. The average Bonchev–Trinajstić information content (AvgIpc) is 3.52. The van der Waals surface area contributed by atoms with Gasteiger partial charge in [-0.2, -0.15) is 9.50 Å². The highest BCUT2D eigenvalue weighted by Crippen LogP contribution is 2.34. The molecule has 6 nitrogen and oxygen atoms in total. The Morgan fingerprint density at radius 1 is 1.12 bits per heavy atom. The number of furan rings is 1. The van der Waals surface area contributed by atoms with Crippen molar-refractivity contribution >= 4 is 45.6 Å². The molecule has 0 unspecified atom stereocenters. The Balaban J connectivity index is 1.44. The van der Waals surface area contributed by atoms with Gasteiger partial charge in [0, 0.05) is 17.2 Å². The van der Waals surface area contributed by atoms with Crippen LogP contribution in [-0.2, 0) is 0 Å². The molecule has 0 amide bonds. The summed E-state index contributed by atoms with van der Waals surface area (Å²) >= 11 is 13.6. The summed E-state index contributed by atoms with van der Waals surface area (Å²) in [6.07, 6.45) is 2.62. The van der Waals surface area contributed by atoms with E-state index in [4.69, 9.17) is 32.4 Å². The molecule has 5 rings (SSSR count). The maximum Gasteiger partial charge on any atom is 0.291 e. The molecule has 33 heavy (non-hydrogen) atoms. The van der Waals surface area contributed by atoms with Crippen LogP contribution in [0.25, 0.3) is 33.7 Å². The molecule has 3 heterocycles. The molecule has 0 aliphatic rings. The third-order valence-corrected chi connectivity index (χ3v) is 6.66. The highest BCUT2D eigenvalue weighted by molar-refractivity contribution is 7.15. The highest BCUT2D eigenvalue weighted by atomic mass is 35.5. The lowest BCUT2D eigenvalue weighted by Crippen LogP contribution is -2.23. The number of benzene rings is 2. The topological polar surface area (TPSA) is 69.6 Å². The Morgan fingerprint density at radius 2 is 1.94 bits per heavy atom. The molecule has 0 N–H and O–H groups in total. The second-order valence-corrected chi connectivity index (χ2v) is 9.02. The standard InChI is InChI=1S/C24H17Cl2N3O3S/c1-2-12-31-15-8-6-14(7-9-15)22-27-24-29(28-22)23(30)20(33-24)13-16-10-11-19(32-16)17-4-3-5-18(25)21(17)26/h3-11,13H,2,12H2,1H3/b20-13-. The van der Waals surface area contributed by atoms with Crippen LogP contribution < -0.4 is 14.8 Å². The lowest BCUT2D eigenvalue weighted by atomic mass is 10.2. The predicted molar refractivity (Wildman–Crippen MR) is 131 cm³/mol. The Bertz CT molecular complexity index is 1550. The van der Waals surface area contributed by atoms with E-state index in [0.717, 1.165) is 17.7 Å². The minimum Gasteiger partial charge on any atom is -0.494 e. The molecule has 0 fully saturated rings. The minimum atomic E-state index is -0.254. The number of ether oxygens (including phenoxy) is 1. The number of nitrogens with zero attached hydrogens (tertiary/aromatic N) is 3. The van der Waals surface area contributed by atoms with Gasteiger partial charge < -0.3 is 9.15 Å². The van der Waals surface area contributed by atoms with Crippen LogP contribution >= 0.6 is 34.5 Å². The van der Waals surface area contributed by atoms with E-state index in [1.807, 2.05) is 30.3 Å². The monoisotopic (exact) mass is 497 g/mol. The van der Waals surface area contributed by atoms with Gasteiger partial charge in [-0.3, -0.25) is 4.79 Å². The zero-order valence-corrected chi connectivity index (χ0v) is 19.7. The summed E-state index contributed by atoms with van der Waals surface area (Å²) in [6, 6.07) is 16.4. The molecule has 0 aliphatic carbocycles. The maximum atomic E-state index is 12.9. The molecular weight excluding hydrogens is 481 g/mol. The number of aromatic nitrogens is 3. The van der Waals surface area contributed by atoms with Crippen LogP contribution in [0, 0.1) is 0 Å². The number of rotatable bonds is 6. The van der Waals surface area contributed by atoms with Crippen LogP contribution in [0.1, 0.15) is 19.1 Å². The normalized spacial score (nSPS) is 12.0. The number of hydrogen-bond donors (Lipinski definition) is 0.